The molecule has 3 heterocycles. The molecular formula is C28H37FN6O3. The van der Waals surface area contributed by atoms with Crippen LogP contribution in [0, 0.1) is 23.6 Å². The van der Waals surface area contributed by atoms with Gasteiger partial charge in [0.1, 0.15) is 23.2 Å². The number of halogens is 1. The quantitative estimate of drug-likeness (QED) is 0.431. The average molecular weight is 525 g/mol. The molecule has 2 fully saturated rings. The molecule has 1 saturated heterocycles. The summed E-state index contributed by atoms with van der Waals surface area (Å²) in [5, 5.41) is 10.3. The molecule has 3 atom stereocenters. The highest BCUT2D eigenvalue weighted by Crippen LogP contribution is 2.38. The molecule has 0 radical (unpaired) electrons. The van der Waals surface area contributed by atoms with E-state index in [0.717, 1.165) is 25.7 Å². The van der Waals surface area contributed by atoms with Crippen LogP contribution in [0.5, 0.6) is 0 Å². The zero-order chi connectivity index (χ0) is 27.0. The molecular weight excluding hydrogens is 487 g/mol. The van der Waals surface area contributed by atoms with Gasteiger partial charge in [-0.15, -0.1) is 0 Å². The minimum atomic E-state index is -0.412. The number of carbonyl (C=O) groups excluding carboxylic acids is 2. The molecule has 38 heavy (non-hydrogen) atoms. The fraction of sp³-hybridized carbons (Fsp3) is 0.571. The minimum Gasteiger partial charge on any atom is -0.364 e. The van der Waals surface area contributed by atoms with Gasteiger partial charge in [0.2, 0.25) is 5.91 Å². The number of carbonyl (C=O) groups is 2. The maximum atomic E-state index is 16.0. The molecule has 2 unspecified atom stereocenters. The van der Waals surface area contributed by atoms with E-state index in [1.807, 2.05) is 13.0 Å². The zero-order valence-electron chi connectivity index (χ0n) is 22.5. The molecule has 5 rings (SSSR count). The van der Waals surface area contributed by atoms with Crippen molar-refractivity contribution in [1.82, 2.24) is 30.7 Å². The summed E-state index contributed by atoms with van der Waals surface area (Å²) >= 11 is 0. The van der Waals surface area contributed by atoms with Crippen molar-refractivity contribution in [3.63, 3.8) is 0 Å². The second kappa shape index (κ2) is 10.8. The minimum absolute atomic E-state index is 0.0169. The van der Waals surface area contributed by atoms with Crippen molar-refractivity contribution in [2.75, 3.05) is 27.2 Å². The molecule has 2 amide bonds. The van der Waals surface area contributed by atoms with Crippen LogP contribution in [0.3, 0.4) is 0 Å². The summed E-state index contributed by atoms with van der Waals surface area (Å²) in [7, 11) is 3.45. The van der Waals surface area contributed by atoms with Crippen LogP contribution >= 0.6 is 0 Å². The molecule has 0 bridgehead atoms. The number of nitrogens with zero attached hydrogens (tertiary/aromatic N) is 3. The Morgan fingerprint density at radius 3 is 2.68 bits per heavy atom. The van der Waals surface area contributed by atoms with Gasteiger partial charge in [-0.25, -0.2) is 9.37 Å². The number of hydrogen-bond acceptors (Lipinski definition) is 6. The van der Waals surface area contributed by atoms with Gasteiger partial charge in [-0.1, -0.05) is 37.9 Å². The lowest BCUT2D eigenvalue weighted by molar-refractivity contribution is -0.132. The van der Waals surface area contributed by atoms with Crippen molar-refractivity contribution in [1.29, 1.82) is 0 Å². The van der Waals surface area contributed by atoms with Gasteiger partial charge in [0.15, 0.2) is 5.82 Å². The van der Waals surface area contributed by atoms with E-state index in [4.69, 9.17) is 9.51 Å². The molecule has 10 heteroatoms. The van der Waals surface area contributed by atoms with Crippen molar-refractivity contribution in [3.8, 4) is 0 Å². The fourth-order valence-corrected chi connectivity index (χ4v) is 6.05. The third-order valence-corrected chi connectivity index (χ3v) is 8.35. The Kier molecular flexibility index (Phi) is 7.52. The number of aromatic amines is 1. The number of rotatable bonds is 7. The van der Waals surface area contributed by atoms with Gasteiger partial charge < -0.3 is 25.0 Å². The van der Waals surface area contributed by atoms with Gasteiger partial charge in [-0.05, 0) is 42.7 Å². The second-order valence-corrected chi connectivity index (χ2v) is 11.1. The third-order valence-electron chi connectivity index (χ3n) is 8.35. The molecule has 3 N–H and O–H groups in total. The molecule has 1 aliphatic heterocycles. The summed E-state index contributed by atoms with van der Waals surface area (Å²) in [6, 6.07) is 3.19. The number of H-pyrrole nitrogens is 1. The number of hydrogen-bond donors (Lipinski definition) is 3. The normalized spacial score (nSPS) is 24.4. The van der Waals surface area contributed by atoms with Crippen molar-refractivity contribution >= 4 is 22.8 Å². The zero-order valence-corrected chi connectivity index (χ0v) is 22.5. The Morgan fingerprint density at radius 1 is 1.21 bits per heavy atom. The highest BCUT2D eigenvalue weighted by molar-refractivity contribution is 5.95. The lowest BCUT2D eigenvalue weighted by Crippen LogP contribution is -2.36. The van der Waals surface area contributed by atoms with Gasteiger partial charge in [0, 0.05) is 33.1 Å². The van der Waals surface area contributed by atoms with E-state index in [-0.39, 0.29) is 35.1 Å². The van der Waals surface area contributed by atoms with E-state index in [9.17, 15) is 9.59 Å². The third kappa shape index (κ3) is 4.93. The standard InChI is InChI=1S/C28H37FN6O3/c1-5-21-20(14-38-34-21)27(36)33-24(16-8-6-15(2)7-9-16)26-31-22-11-10-17(23(29)25(22)32-26)18-12-30-13-19(18)28(37)35(3)4/h10-11,14-16,18-19,24,30H,5-9,12-13H2,1-4H3,(H,31,32)(H,33,36)/t15-,16-,18?,19?,24-/m0/s1. The Balaban J connectivity index is 1.48. The first-order valence-corrected chi connectivity index (χ1v) is 13.6. The van der Waals surface area contributed by atoms with E-state index in [2.05, 4.69) is 27.7 Å². The number of aryl methyl sites for hydroxylation is 1. The fourth-order valence-electron chi connectivity index (χ4n) is 6.05. The first kappa shape index (κ1) is 26.3. The van der Waals surface area contributed by atoms with Gasteiger partial charge in [0.25, 0.3) is 5.91 Å². The average Bonchev–Trinajstić information content (AvgIpc) is 3.67. The van der Waals surface area contributed by atoms with Crippen LogP contribution in [0.4, 0.5) is 4.39 Å². The monoisotopic (exact) mass is 524 g/mol. The molecule has 1 aliphatic carbocycles. The van der Waals surface area contributed by atoms with Crippen LogP contribution < -0.4 is 10.6 Å². The number of benzene rings is 1. The van der Waals surface area contributed by atoms with Gasteiger partial charge >= 0.3 is 0 Å². The number of imidazole rings is 1. The van der Waals surface area contributed by atoms with Crippen LogP contribution in [0.1, 0.15) is 78.9 Å². The molecule has 1 saturated carbocycles. The molecule has 3 aromatic rings. The van der Waals surface area contributed by atoms with E-state index >= 15 is 4.39 Å². The number of nitrogens with one attached hydrogen (secondary N) is 3. The summed E-state index contributed by atoms with van der Waals surface area (Å²) < 4.78 is 21.0. The van der Waals surface area contributed by atoms with E-state index < -0.39 is 11.9 Å². The first-order chi connectivity index (χ1) is 18.3. The Morgan fingerprint density at radius 2 is 1.97 bits per heavy atom. The van der Waals surface area contributed by atoms with Crippen LogP contribution in [0.15, 0.2) is 22.9 Å². The highest BCUT2D eigenvalue weighted by Gasteiger charge is 2.37. The van der Waals surface area contributed by atoms with E-state index in [1.165, 1.54) is 6.26 Å². The predicted octanol–water partition coefficient (Wildman–Crippen LogP) is 3.94. The second-order valence-electron chi connectivity index (χ2n) is 11.1. The van der Waals surface area contributed by atoms with Crippen molar-refractivity contribution < 1.29 is 18.5 Å². The largest absolute Gasteiger partial charge is 0.364 e. The van der Waals surface area contributed by atoms with Crippen LogP contribution in [-0.4, -0.2) is 59.0 Å². The molecule has 2 aliphatic rings. The summed E-state index contributed by atoms with van der Waals surface area (Å²) in [6.45, 7) is 5.22. The van der Waals surface area contributed by atoms with Crippen molar-refractivity contribution in [3.05, 3.63) is 46.9 Å². The smallest absolute Gasteiger partial charge is 0.257 e. The molecule has 204 valence electrons. The number of fused-ring (bicyclic) bond motifs is 1. The summed E-state index contributed by atoms with van der Waals surface area (Å²) in [4.78, 5) is 35.6. The molecule has 2 aromatic heterocycles. The SMILES string of the molecule is CCc1nocc1C(=O)N[C@H](c1nc2c(F)c(C3CNCC3C(=O)N(C)C)ccc2[nH]1)[C@H]1CC[C@H](C)CC1. The van der Waals surface area contributed by atoms with E-state index in [0.29, 0.717) is 53.6 Å². The maximum absolute atomic E-state index is 16.0. The van der Waals surface area contributed by atoms with Crippen molar-refractivity contribution in [2.24, 2.45) is 17.8 Å². The Labute approximate surface area is 221 Å². The predicted molar refractivity (Wildman–Crippen MR) is 141 cm³/mol. The summed E-state index contributed by atoms with van der Waals surface area (Å²) in [6.07, 6.45) is 5.99. The van der Waals surface area contributed by atoms with Gasteiger partial charge in [-0.3, -0.25) is 9.59 Å². The van der Waals surface area contributed by atoms with Crippen LogP contribution in [0.25, 0.3) is 11.0 Å². The summed E-state index contributed by atoms with van der Waals surface area (Å²) in [5.74, 6) is 0.0555. The Bertz CT molecular complexity index is 1310. The molecule has 9 nitrogen and oxygen atoms in total. The number of amides is 2. The first-order valence-electron chi connectivity index (χ1n) is 13.6. The maximum Gasteiger partial charge on any atom is 0.257 e. The van der Waals surface area contributed by atoms with Gasteiger partial charge in [-0.2, -0.15) is 0 Å². The van der Waals surface area contributed by atoms with E-state index in [1.54, 1.807) is 25.1 Å². The number of aromatic nitrogens is 3. The van der Waals surface area contributed by atoms with Crippen LogP contribution in [0.2, 0.25) is 0 Å². The molecule has 1 aromatic carbocycles. The van der Waals surface area contributed by atoms with Crippen LogP contribution in [-0.2, 0) is 11.2 Å². The molecule has 0 spiro atoms. The van der Waals surface area contributed by atoms with Crippen molar-refractivity contribution in [2.45, 2.75) is 57.9 Å². The Hall–Kier alpha value is -3.27. The lowest BCUT2D eigenvalue weighted by Gasteiger charge is -2.32. The highest BCUT2D eigenvalue weighted by atomic mass is 19.1. The lowest BCUT2D eigenvalue weighted by atomic mass is 9.79. The topological polar surface area (TPSA) is 116 Å². The van der Waals surface area contributed by atoms with Gasteiger partial charge in [0.05, 0.1) is 23.2 Å². The summed E-state index contributed by atoms with van der Waals surface area (Å²) in [5.41, 5.74) is 2.32.